The van der Waals surface area contributed by atoms with Gasteiger partial charge in [-0.05, 0) is 179 Å². The summed E-state index contributed by atoms with van der Waals surface area (Å²) in [6, 6.07) is 15.9. The van der Waals surface area contributed by atoms with Gasteiger partial charge in [-0.25, -0.2) is 4.39 Å². The Kier molecular flexibility index (Phi) is 23.4. The van der Waals surface area contributed by atoms with Crippen LogP contribution in [0.1, 0.15) is 157 Å². The molecule has 0 N–H and O–H groups in total. The van der Waals surface area contributed by atoms with Crippen molar-refractivity contribution in [3.8, 4) is 11.5 Å². The highest BCUT2D eigenvalue weighted by Crippen LogP contribution is 2.27. The van der Waals surface area contributed by atoms with E-state index in [1.165, 1.54) is 44.2 Å². The fraction of sp³-hybridized carbons (Fsp3) is 0.727. The van der Waals surface area contributed by atoms with Crippen molar-refractivity contribution in [1.29, 1.82) is 0 Å². The van der Waals surface area contributed by atoms with Crippen molar-refractivity contribution in [2.24, 2.45) is 5.92 Å². The number of hydrogen-bond acceptors (Lipinski definition) is 5. The van der Waals surface area contributed by atoms with Crippen molar-refractivity contribution < 1.29 is 28.1 Å². The highest BCUT2D eigenvalue weighted by atomic mass is 19.1. The third kappa shape index (κ3) is 40.3. The molecule has 0 saturated heterocycles. The topological polar surface area (TPSA) is 46.2 Å². The van der Waals surface area contributed by atoms with Gasteiger partial charge in [0.25, 0.3) is 0 Å². The Morgan fingerprint density at radius 3 is 1.14 bits per heavy atom. The lowest BCUT2D eigenvalue weighted by Crippen LogP contribution is -2.31. The third-order valence-electron chi connectivity index (χ3n) is 6.04. The van der Waals surface area contributed by atoms with Crippen LogP contribution in [0.5, 0.6) is 11.5 Å². The number of hydrogen-bond donors (Lipinski definition) is 0. The smallest absolute Gasteiger partial charge is 0.123 e. The molecular weight excluding hydrogens is 627 g/mol. The maximum Gasteiger partial charge on any atom is 0.123 e. The van der Waals surface area contributed by atoms with Crippen molar-refractivity contribution in [1.82, 2.24) is 0 Å². The molecule has 2 aliphatic rings. The molecule has 0 radical (unpaired) electrons. The fourth-order valence-electron chi connectivity index (χ4n) is 3.56. The molecule has 0 amide bonds. The maximum atomic E-state index is 12.5. The Balaban J connectivity index is 0. The van der Waals surface area contributed by atoms with Crippen LogP contribution >= 0.6 is 0 Å². The normalized spacial score (nSPS) is 14.7. The van der Waals surface area contributed by atoms with Crippen molar-refractivity contribution in [2.45, 2.75) is 197 Å². The number of para-hydroxylation sites is 1. The van der Waals surface area contributed by atoms with Crippen LogP contribution in [0, 0.1) is 11.7 Å². The van der Waals surface area contributed by atoms with Gasteiger partial charge in [-0.3, -0.25) is 0 Å². The van der Waals surface area contributed by atoms with Gasteiger partial charge in [-0.1, -0.05) is 38.0 Å². The zero-order valence-electron chi connectivity index (χ0n) is 35.9. The minimum Gasteiger partial charge on any atom is -0.488 e. The molecule has 2 aromatic rings. The highest BCUT2D eigenvalue weighted by Gasteiger charge is 2.23. The first-order valence-corrected chi connectivity index (χ1v) is 18.6. The molecule has 0 bridgehead atoms. The summed E-state index contributed by atoms with van der Waals surface area (Å²) >= 11 is 0. The number of halogens is 1. The van der Waals surface area contributed by atoms with Gasteiger partial charge >= 0.3 is 0 Å². The van der Waals surface area contributed by atoms with E-state index < -0.39 is 0 Å². The van der Waals surface area contributed by atoms with Crippen LogP contribution in [0.4, 0.5) is 4.39 Å². The van der Waals surface area contributed by atoms with E-state index in [4.69, 9.17) is 23.7 Å². The van der Waals surface area contributed by atoms with Crippen LogP contribution in [-0.4, -0.2) is 47.3 Å². The average Bonchev–Trinajstić information content (AvgIpc) is 3.68. The van der Waals surface area contributed by atoms with Gasteiger partial charge in [0, 0.05) is 7.11 Å². The molecule has 2 fully saturated rings. The summed E-state index contributed by atoms with van der Waals surface area (Å²) < 4.78 is 39.6. The Hall–Kier alpha value is -2.15. The van der Waals surface area contributed by atoms with Crippen LogP contribution in [0.25, 0.3) is 0 Å². The molecule has 6 heteroatoms. The first-order valence-electron chi connectivity index (χ1n) is 18.6. The van der Waals surface area contributed by atoms with Gasteiger partial charge in [0.1, 0.15) is 28.5 Å². The predicted octanol–water partition coefficient (Wildman–Crippen LogP) is 13.3. The molecule has 0 unspecified atom stereocenters. The summed E-state index contributed by atoms with van der Waals surface area (Å²) in [7, 11) is 1.71. The lowest BCUT2D eigenvalue weighted by atomic mass is 9.95. The largest absolute Gasteiger partial charge is 0.488 e. The molecule has 292 valence electrons. The average molecular weight is 707 g/mol. The molecule has 0 aliphatic heterocycles. The van der Waals surface area contributed by atoms with Gasteiger partial charge in [-0.2, -0.15) is 0 Å². The molecule has 0 heterocycles. The highest BCUT2D eigenvalue weighted by molar-refractivity contribution is 5.23. The Morgan fingerprint density at radius 2 is 0.940 bits per heavy atom. The summed E-state index contributed by atoms with van der Waals surface area (Å²) in [5.41, 5.74) is -0.182. The standard InChI is InChI=1S/C10H13FO.C10H14O.C8H16O.C7H16O.C5H12O.C4H8/c1-10(2,3)12-9-6-4-8(11)5-7-9;1-10(2,3)11-9-7-5-4-6-8-9;1-8(2,3)9-7-5-4-6-7;1-6(2)8-7(3,4)5;1-5(2,3)6-4;1-4-2-3-4/h4-7H,1-3H3;4-8H,1-3H3;7H,4-6H2,1-3H3;6H,1-5H3;1-4H3;4H,2-3H2,1H3. The summed E-state index contributed by atoms with van der Waals surface area (Å²) in [6.45, 7) is 37.0. The molecule has 2 aromatic carbocycles. The van der Waals surface area contributed by atoms with Crippen molar-refractivity contribution in [2.75, 3.05) is 7.11 Å². The molecule has 2 saturated carbocycles. The van der Waals surface area contributed by atoms with E-state index in [9.17, 15) is 4.39 Å². The predicted molar refractivity (Wildman–Crippen MR) is 213 cm³/mol. The minimum absolute atomic E-state index is 0.0220. The molecule has 0 aromatic heterocycles. The van der Waals surface area contributed by atoms with E-state index in [1.54, 1.807) is 19.2 Å². The monoisotopic (exact) mass is 707 g/mol. The molecule has 5 nitrogen and oxygen atoms in total. The van der Waals surface area contributed by atoms with Gasteiger partial charge in [0.15, 0.2) is 0 Å². The zero-order valence-corrected chi connectivity index (χ0v) is 35.9. The second-order valence-corrected chi connectivity index (χ2v) is 18.3. The molecule has 4 rings (SSSR count). The van der Waals surface area contributed by atoms with E-state index in [-0.39, 0.29) is 33.8 Å². The molecular formula is C44H79FO5. The Labute approximate surface area is 309 Å². The first kappa shape index (κ1) is 50.0. The van der Waals surface area contributed by atoms with E-state index in [0.717, 1.165) is 11.7 Å². The minimum atomic E-state index is -0.240. The molecule has 0 spiro atoms. The lowest BCUT2D eigenvalue weighted by Gasteiger charge is -2.32. The number of rotatable bonds is 4. The summed E-state index contributed by atoms with van der Waals surface area (Å²) in [5, 5.41) is 0. The second-order valence-electron chi connectivity index (χ2n) is 18.3. The number of ether oxygens (including phenoxy) is 5. The van der Waals surface area contributed by atoms with Crippen molar-refractivity contribution >= 4 is 0 Å². The van der Waals surface area contributed by atoms with E-state index >= 15 is 0 Å². The van der Waals surface area contributed by atoms with Crippen LogP contribution in [0.2, 0.25) is 0 Å². The van der Waals surface area contributed by atoms with E-state index in [0.29, 0.717) is 18.0 Å². The quantitative estimate of drug-likeness (QED) is 0.317. The third-order valence-corrected chi connectivity index (χ3v) is 6.04. The summed E-state index contributed by atoms with van der Waals surface area (Å²) in [5.74, 6) is 2.47. The Morgan fingerprint density at radius 1 is 0.560 bits per heavy atom. The fourth-order valence-corrected chi connectivity index (χ4v) is 3.56. The van der Waals surface area contributed by atoms with E-state index in [2.05, 4.69) is 48.5 Å². The Bertz CT molecular complexity index is 1070. The zero-order chi connectivity index (χ0) is 39.4. The van der Waals surface area contributed by atoms with Crippen LogP contribution < -0.4 is 9.47 Å². The van der Waals surface area contributed by atoms with Crippen LogP contribution in [-0.2, 0) is 14.2 Å². The lowest BCUT2D eigenvalue weighted by molar-refractivity contribution is -0.0916. The molecule has 50 heavy (non-hydrogen) atoms. The van der Waals surface area contributed by atoms with Gasteiger partial charge in [-0.15, -0.1) is 0 Å². The maximum absolute atomic E-state index is 12.5. The van der Waals surface area contributed by atoms with Crippen LogP contribution in [0.15, 0.2) is 54.6 Å². The summed E-state index contributed by atoms with van der Waals surface area (Å²) in [6.07, 6.45) is 7.80. The van der Waals surface area contributed by atoms with Gasteiger partial charge in [0.2, 0.25) is 0 Å². The van der Waals surface area contributed by atoms with Crippen molar-refractivity contribution in [3.05, 3.63) is 60.4 Å². The van der Waals surface area contributed by atoms with Gasteiger partial charge < -0.3 is 23.7 Å². The van der Waals surface area contributed by atoms with E-state index in [1.807, 2.05) is 106 Å². The second kappa shape index (κ2) is 23.4. The van der Waals surface area contributed by atoms with Crippen LogP contribution in [0.3, 0.4) is 0 Å². The number of benzene rings is 2. The summed E-state index contributed by atoms with van der Waals surface area (Å²) in [4.78, 5) is 0. The number of methoxy groups -OCH3 is 1. The first-order chi connectivity index (χ1) is 22.5. The SMILES string of the molecule is CC(C)(C)OC1CCC1.CC(C)(C)Oc1ccc(F)cc1.CC(C)(C)Oc1ccccc1.CC(C)OC(C)(C)C.CC1CC1.COC(C)(C)C. The van der Waals surface area contributed by atoms with Gasteiger partial charge in [0.05, 0.1) is 29.0 Å². The van der Waals surface area contributed by atoms with Crippen molar-refractivity contribution in [3.63, 3.8) is 0 Å². The molecule has 2 aliphatic carbocycles. The molecule has 0 atom stereocenters.